The molecular weight excluding hydrogens is 410 g/mol. The van der Waals surface area contributed by atoms with Crippen molar-refractivity contribution in [2.24, 2.45) is 0 Å². The molecule has 1 aliphatic heterocycles. The maximum absolute atomic E-state index is 13.7. The molecule has 0 saturated heterocycles. The van der Waals surface area contributed by atoms with E-state index in [0.717, 1.165) is 24.3 Å². The minimum atomic E-state index is -4.97. The fourth-order valence-corrected chi connectivity index (χ4v) is 2.80. The van der Waals surface area contributed by atoms with Crippen molar-refractivity contribution in [1.29, 1.82) is 0 Å². The molecule has 3 aromatic rings. The Bertz CT molecular complexity index is 1140. The lowest BCUT2D eigenvalue weighted by Crippen LogP contribution is -2.25. The molecule has 0 radical (unpaired) electrons. The molecule has 2 heterocycles. The van der Waals surface area contributed by atoms with Crippen LogP contribution in [0, 0.1) is 5.82 Å². The van der Waals surface area contributed by atoms with Gasteiger partial charge in [0.15, 0.2) is 18.0 Å². The number of carbonyl (C=O) groups excluding carboxylic acids is 2. The highest BCUT2D eigenvalue weighted by Gasteiger charge is 2.42. The number of rotatable bonds is 3. The summed E-state index contributed by atoms with van der Waals surface area (Å²) < 4.78 is 59.6. The van der Waals surface area contributed by atoms with Crippen LogP contribution < -0.4 is 15.4 Å². The number of anilines is 2. The first-order chi connectivity index (χ1) is 14.2. The minimum absolute atomic E-state index is 0.106. The van der Waals surface area contributed by atoms with Gasteiger partial charge in [-0.25, -0.2) is 9.07 Å². The third-order valence-electron chi connectivity index (χ3n) is 4.10. The SMILES string of the molecule is O=C1COc2ccc(NC(=O)c3nnn(-c4ccc(F)cc4)c3C(F)(F)F)cc2N1. The maximum atomic E-state index is 13.7. The van der Waals surface area contributed by atoms with Crippen LogP contribution in [0.1, 0.15) is 16.2 Å². The molecule has 0 saturated carbocycles. The van der Waals surface area contributed by atoms with Gasteiger partial charge in [-0.05, 0) is 42.5 Å². The van der Waals surface area contributed by atoms with Gasteiger partial charge in [-0.2, -0.15) is 13.2 Å². The van der Waals surface area contributed by atoms with Gasteiger partial charge in [0.25, 0.3) is 11.8 Å². The summed E-state index contributed by atoms with van der Waals surface area (Å²) in [5.41, 5.74) is -2.14. The number of nitrogens with zero attached hydrogens (tertiary/aromatic N) is 3. The van der Waals surface area contributed by atoms with E-state index in [-0.39, 0.29) is 23.7 Å². The second-order valence-corrected chi connectivity index (χ2v) is 6.17. The Labute approximate surface area is 165 Å². The fraction of sp³-hybridized carbons (Fsp3) is 0.111. The Kier molecular flexibility index (Phi) is 4.60. The molecule has 12 heteroatoms. The Morgan fingerprint density at radius 1 is 1.17 bits per heavy atom. The monoisotopic (exact) mass is 421 g/mol. The summed E-state index contributed by atoms with van der Waals surface area (Å²) in [7, 11) is 0. The van der Waals surface area contributed by atoms with Gasteiger partial charge in [0.2, 0.25) is 0 Å². The predicted molar refractivity (Wildman–Crippen MR) is 94.8 cm³/mol. The molecule has 0 unspecified atom stereocenters. The molecule has 8 nitrogen and oxygen atoms in total. The summed E-state index contributed by atoms with van der Waals surface area (Å²) >= 11 is 0. The van der Waals surface area contributed by atoms with E-state index in [9.17, 15) is 27.2 Å². The second kappa shape index (κ2) is 7.13. The smallest absolute Gasteiger partial charge is 0.435 e. The molecule has 2 N–H and O–H groups in total. The van der Waals surface area contributed by atoms with E-state index in [1.807, 2.05) is 0 Å². The molecule has 2 aromatic carbocycles. The molecule has 30 heavy (non-hydrogen) atoms. The van der Waals surface area contributed by atoms with E-state index in [4.69, 9.17) is 4.74 Å². The van der Waals surface area contributed by atoms with E-state index >= 15 is 0 Å². The molecule has 0 fully saturated rings. The van der Waals surface area contributed by atoms with Gasteiger partial charge >= 0.3 is 6.18 Å². The van der Waals surface area contributed by atoms with Crippen molar-refractivity contribution in [3.8, 4) is 11.4 Å². The summed E-state index contributed by atoms with van der Waals surface area (Å²) in [5, 5.41) is 11.6. The van der Waals surface area contributed by atoms with Crippen LogP contribution in [-0.4, -0.2) is 33.4 Å². The molecule has 4 rings (SSSR count). The van der Waals surface area contributed by atoms with E-state index in [1.54, 1.807) is 0 Å². The lowest BCUT2D eigenvalue weighted by Gasteiger charge is -2.18. The topological polar surface area (TPSA) is 98.1 Å². The van der Waals surface area contributed by atoms with Crippen LogP contribution in [0.4, 0.5) is 28.9 Å². The number of ether oxygens (including phenoxy) is 1. The maximum Gasteiger partial charge on any atom is 0.435 e. The number of hydrogen-bond donors (Lipinski definition) is 2. The first-order valence-electron chi connectivity index (χ1n) is 8.39. The number of alkyl halides is 3. The Balaban J connectivity index is 1.67. The number of aromatic nitrogens is 3. The van der Waals surface area contributed by atoms with Crippen LogP contribution in [0.15, 0.2) is 42.5 Å². The van der Waals surface area contributed by atoms with Crippen LogP contribution in [0.3, 0.4) is 0 Å². The van der Waals surface area contributed by atoms with Gasteiger partial charge < -0.3 is 15.4 Å². The third kappa shape index (κ3) is 3.66. The van der Waals surface area contributed by atoms with Crippen LogP contribution in [0.25, 0.3) is 5.69 Å². The van der Waals surface area contributed by atoms with Crippen molar-refractivity contribution in [2.45, 2.75) is 6.18 Å². The number of halogens is 4. The van der Waals surface area contributed by atoms with Gasteiger partial charge in [0.1, 0.15) is 11.6 Å². The van der Waals surface area contributed by atoms with Gasteiger partial charge in [-0.15, -0.1) is 5.10 Å². The van der Waals surface area contributed by atoms with Crippen molar-refractivity contribution in [3.63, 3.8) is 0 Å². The number of nitrogens with one attached hydrogen (secondary N) is 2. The molecule has 0 spiro atoms. The van der Waals surface area contributed by atoms with E-state index in [1.165, 1.54) is 18.2 Å². The largest absolute Gasteiger partial charge is 0.482 e. The Morgan fingerprint density at radius 3 is 2.60 bits per heavy atom. The van der Waals surface area contributed by atoms with Crippen LogP contribution >= 0.6 is 0 Å². The van der Waals surface area contributed by atoms with E-state index in [0.29, 0.717) is 10.4 Å². The first kappa shape index (κ1) is 19.4. The van der Waals surface area contributed by atoms with Gasteiger partial charge in [-0.3, -0.25) is 9.59 Å². The van der Waals surface area contributed by atoms with Crippen molar-refractivity contribution in [3.05, 3.63) is 59.7 Å². The molecule has 0 bridgehead atoms. The average Bonchev–Trinajstić information content (AvgIpc) is 3.14. The van der Waals surface area contributed by atoms with Crippen molar-refractivity contribution in [1.82, 2.24) is 15.0 Å². The lowest BCUT2D eigenvalue weighted by atomic mass is 10.2. The zero-order chi connectivity index (χ0) is 21.5. The van der Waals surface area contributed by atoms with Crippen LogP contribution in [-0.2, 0) is 11.0 Å². The standard InChI is InChI=1S/C18H11F4N5O3/c19-9-1-4-11(5-2-9)27-16(18(20,21)22)15(25-26-27)17(29)23-10-3-6-13-12(7-10)24-14(28)8-30-13/h1-7H,8H2,(H,23,29)(H,24,28). The summed E-state index contributed by atoms with van der Waals surface area (Å²) in [5.74, 6) is -1.87. The first-order valence-corrected chi connectivity index (χ1v) is 8.39. The van der Waals surface area contributed by atoms with Crippen molar-refractivity contribution >= 4 is 23.2 Å². The zero-order valence-corrected chi connectivity index (χ0v) is 14.8. The zero-order valence-electron chi connectivity index (χ0n) is 14.8. The quantitative estimate of drug-likeness (QED) is 0.634. The number of fused-ring (bicyclic) bond motifs is 1. The van der Waals surface area contributed by atoms with Crippen molar-refractivity contribution < 1.29 is 31.9 Å². The minimum Gasteiger partial charge on any atom is -0.482 e. The third-order valence-corrected chi connectivity index (χ3v) is 4.10. The van der Waals surface area contributed by atoms with E-state index in [2.05, 4.69) is 20.9 Å². The molecule has 1 aromatic heterocycles. The number of carbonyl (C=O) groups is 2. The molecule has 0 atom stereocenters. The summed E-state index contributed by atoms with van der Waals surface area (Å²) in [6, 6.07) is 8.25. The van der Waals surface area contributed by atoms with Gasteiger partial charge in [-0.1, -0.05) is 5.21 Å². The molecule has 2 amide bonds. The van der Waals surface area contributed by atoms with Crippen LogP contribution in [0.5, 0.6) is 5.75 Å². The predicted octanol–water partition coefficient (Wildman–Crippen LogP) is 3.01. The lowest BCUT2D eigenvalue weighted by molar-refractivity contribution is -0.143. The highest BCUT2D eigenvalue weighted by molar-refractivity contribution is 6.04. The van der Waals surface area contributed by atoms with Gasteiger partial charge in [0.05, 0.1) is 11.4 Å². The average molecular weight is 421 g/mol. The fourth-order valence-electron chi connectivity index (χ4n) is 2.80. The number of hydrogen-bond acceptors (Lipinski definition) is 5. The highest BCUT2D eigenvalue weighted by Crippen LogP contribution is 2.34. The van der Waals surface area contributed by atoms with E-state index < -0.39 is 35.2 Å². The van der Waals surface area contributed by atoms with Gasteiger partial charge in [0, 0.05) is 5.69 Å². The number of amides is 2. The Hall–Kier alpha value is -3.96. The molecular formula is C18H11F4N5O3. The Morgan fingerprint density at radius 2 is 1.90 bits per heavy atom. The molecule has 1 aliphatic rings. The second-order valence-electron chi connectivity index (χ2n) is 6.17. The summed E-state index contributed by atoms with van der Waals surface area (Å²) in [6.45, 7) is -0.167. The normalized spacial score (nSPS) is 13.3. The van der Waals surface area contributed by atoms with Crippen molar-refractivity contribution in [2.75, 3.05) is 17.2 Å². The van der Waals surface area contributed by atoms with Crippen LogP contribution in [0.2, 0.25) is 0 Å². The number of benzene rings is 2. The summed E-state index contributed by atoms with van der Waals surface area (Å²) in [6.07, 6.45) is -4.97. The summed E-state index contributed by atoms with van der Waals surface area (Å²) in [4.78, 5) is 23.9. The molecule has 154 valence electrons. The molecule has 0 aliphatic carbocycles. The highest BCUT2D eigenvalue weighted by atomic mass is 19.4.